The molecule has 0 aliphatic rings. The van der Waals surface area contributed by atoms with Crippen molar-refractivity contribution in [3.8, 4) is 0 Å². The molecule has 1 heterocycles. The second-order valence-corrected chi connectivity index (χ2v) is 4.02. The van der Waals surface area contributed by atoms with Gasteiger partial charge in [0.15, 0.2) is 5.89 Å². The number of carbonyl (C=O) groups excluding carboxylic acids is 2. The zero-order chi connectivity index (χ0) is 13.8. The first-order chi connectivity index (χ1) is 9.04. The van der Waals surface area contributed by atoms with Crippen LogP contribution in [0.5, 0.6) is 0 Å². The quantitative estimate of drug-likeness (QED) is 0.863. The van der Waals surface area contributed by atoms with Crippen LogP contribution in [0.2, 0.25) is 0 Å². The van der Waals surface area contributed by atoms with Gasteiger partial charge in [0.05, 0.1) is 12.1 Å². The highest BCUT2D eigenvalue weighted by molar-refractivity contribution is 5.95. The number of carbonyl (C=O) groups is 2. The molecule has 6 heteroatoms. The predicted octanol–water partition coefficient (Wildman–Crippen LogP) is 1.26. The average molecular weight is 259 g/mol. The van der Waals surface area contributed by atoms with E-state index in [1.807, 2.05) is 0 Å². The lowest BCUT2D eigenvalue weighted by Gasteiger charge is -2.04. The molecule has 6 nitrogen and oxygen atoms in total. The average Bonchev–Trinajstić information content (AvgIpc) is 2.75. The van der Waals surface area contributed by atoms with E-state index in [1.54, 1.807) is 31.2 Å². The number of anilines is 1. The standard InChI is InChI=1S/C13H13N3O3/c1-8-15-11(7-19-8)6-12(17)16-10-4-2-9(3-5-10)13(14)18/h2-5,7H,6H2,1H3,(H2,14,18)(H,16,17). The van der Waals surface area contributed by atoms with E-state index in [0.717, 1.165) is 0 Å². The maximum atomic E-state index is 11.7. The van der Waals surface area contributed by atoms with E-state index >= 15 is 0 Å². The molecule has 2 rings (SSSR count). The van der Waals surface area contributed by atoms with Gasteiger partial charge in [0.25, 0.3) is 0 Å². The van der Waals surface area contributed by atoms with Crippen LogP contribution in [0.15, 0.2) is 34.9 Å². The van der Waals surface area contributed by atoms with Gasteiger partial charge in [0, 0.05) is 18.2 Å². The zero-order valence-corrected chi connectivity index (χ0v) is 10.3. The van der Waals surface area contributed by atoms with Crippen molar-refractivity contribution in [2.24, 2.45) is 5.73 Å². The van der Waals surface area contributed by atoms with Gasteiger partial charge in [-0.3, -0.25) is 9.59 Å². The fourth-order valence-electron chi connectivity index (χ4n) is 1.58. The summed E-state index contributed by atoms with van der Waals surface area (Å²) in [7, 11) is 0. The van der Waals surface area contributed by atoms with Gasteiger partial charge in [-0.05, 0) is 24.3 Å². The third-order valence-electron chi connectivity index (χ3n) is 2.46. The zero-order valence-electron chi connectivity index (χ0n) is 10.3. The van der Waals surface area contributed by atoms with Crippen molar-refractivity contribution >= 4 is 17.5 Å². The molecule has 0 saturated carbocycles. The van der Waals surface area contributed by atoms with Gasteiger partial charge < -0.3 is 15.5 Å². The molecule has 0 aliphatic carbocycles. The molecule has 0 unspecified atom stereocenters. The molecule has 0 radical (unpaired) electrons. The van der Waals surface area contributed by atoms with Crippen LogP contribution in [-0.2, 0) is 11.2 Å². The molecule has 0 spiro atoms. The number of nitrogens with two attached hydrogens (primary N) is 1. The second kappa shape index (κ2) is 5.34. The van der Waals surface area contributed by atoms with Gasteiger partial charge in [-0.25, -0.2) is 4.98 Å². The van der Waals surface area contributed by atoms with Gasteiger partial charge >= 0.3 is 0 Å². The molecule has 0 atom stereocenters. The molecule has 0 saturated heterocycles. The molecule has 0 aliphatic heterocycles. The lowest BCUT2D eigenvalue weighted by atomic mass is 10.2. The number of oxazole rings is 1. The van der Waals surface area contributed by atoms with Crippen molar-refractivity contribution < 1.29 is 14.0 Å². The molecule has 3 N–H and O–H groups in total. The highest BCUT2D eigenvalue weighted by Crippen LogP contribution is 2.10. The van der Waals surface area contributed by atoms with E-state index in [1.165, 1.54) is 6.26 Å². The summed E-state index contributed by atoms with van der Waals surface area (Å²) in [6, 6.07) is 6.34. The summed E-state index contributed by atoms with van der Waals surface area (Å²) in [5.74, 6) is -0.190. The topological polar surface area (TPSA) is 98.2 Å². The van der Waals surface area contributed by atoms with E-state index in [9.17, 15) is 9.59 Å². The van der Waals surface area contributed by atoms with Gasteiger partial charge in [0.2, 0.25) is 11.8 Å². The monoisotopic (exact) mass is 259 g/mol. The van der Waals surface area contributed by atoms with E-state index in [4.69, 9.17) is 10.2 Å². The molecule has 98 valence electrons. The van der Waals surface area contributed by atoms with Crippen LogP contribution in [-0.4, -0.2) is 16.8 Å². The Hall–Kier alpha value is -2.63. The summed E-state index contributed by atoms with van der Waals surface area (Å²) in [4.78, 5) is 26.7. The van der Waals surface area contributed by atoms with Crippen LogP contribution in [0, 0.1) is 6.92 Å². The smallest absolute Gasteiger partial charge is 0.248 e. The fourth-order valence-corrected chi connectivity index (χ4v) is 1.58. The molecule has 2 aromatic rings. The SMILES string of the molecule is Cc1nc(CC(=O)Nc2ccc(C(N)=O)cc2)co1. The fraction of sp³-hybridized carbons (Fsp3) is 0.154. The van der Waals surface area contributed by atoms with Gasteiger partial charge in [-0.15, -0.1) is 0 Å². The van der Waals surface area contributed by atoms with E-state index < -0.39 is 5.91 Å². The normalized spacial score (nSPS) is 10.2. The van der Waals surface area contributed by atoms with Crippen molar-refractivity contribution in [3.63, 3.8) is 0 Å². The summed E-state index contributed by atoms with van der Waals surface area (Å²) >= 11 is 0. The lowest BCUT2D eigenvalue weighted by molar-refractivity contribution is -0.115. The molecule has 0 bridgehead atoms. The Morgan fingerprint density at radius 1 is 1.32 bits per heavy atom. The maximum absolute atomic E-state index is 11.7. The minimum Gasteiger partial charge on any atom is -0.449 e. The minimum absolute atomic E-state index is 0.134. The number of aryl methyl sites for hydroxylation is 1. The number of primary amides is 1. The Kier molecular flexibility index (Phi) is 3.61. The van der Waals surface area contributed by atoms with Crippen molar-refractivity contribution in [2.45, 2.75) is 13.3 Å². The second-order valence-electron chi connectivity index (χ2n) is 4.02. The molecule has 2 amide bonds. The molecule has 0 fully saturated rings. The molecular weight excluding hydrogens is 246 g/mol. The first-order valence-electron chi connectivity index (χ1n) is 5.65. The summed E-state index contributed by atoms with van der Waals surface area (Å²) in [6.45, 7) is 1.71. The highest BCUT2D eigenvalue weighted by Gasteiger charge is 2.08. The molecular formula is C13H13N3O3. The Morgan fingerprint density at radius 3 is 2.53 bits per heavy atom. The van der Waals surface area contributed by atoms with Crippen molar-refractivity contribution in [2.75, 3.05) is 5.32 Å². The summed E-state index contributed by atoms with van der Waals surface area (Å²) in [5.41, 5.74) is 6.68. The van der Waals surface area contributed by atoms with Crippen LogP contribution >= 0.6 is 0 Å². The minimum atomic E-state index is -0.504. The van der Waals surface area contributed by atoms with Crippen LogP contribution in [0.25, 0.3) is 0 Å². The Balaban J connectivity index is 1.97. The Bertz CT molecular complexity index is 602. The predicted molar refractivity (Wildman–Crippen MR) is 68.5 cm³/mol. The number of hydrogen-bond donors (Lipinski definition) is 2. The Morgan fingerprint density at radius 2 is 2.00 bits per heavy atom. The number of nitrogens with zero attached hydrogens (tertiary/aromatic N) is 1. The molecule has 1 aromatic heterocycles. The lowest BCUT2D eigenvalue weighted by Crippen LogP contribution is -2.15. The number of amides is 2. The maximum Gasteiger partial charge on any atom is 0.248 e. The number of benzene rings is 1. The van der Waals surface area contributed by atoms with E-state index in [0.29, 0.717) is 22.8 Å². The molecule has 1 aromatic carbocycles. The van der Waals surface area contributed by atoms with Crippen molar-refractivity contribution in [1.82, 2.24) is 4.98 Å². The highest BCUT2D eigenvalue weighted by atomic mass is 16.3. The summed E-state index contributed by atoms with van der Waals surface area (Å²) in [5, 5.41) is 2.69. The number of nitrogens with one attached hydrogen (secondary N) is 1. The summed E-state index contributed by atoms with van der Waals surface area (Å²) < 4.78 is 5.02. The van der Waals surface area contributed by atoms with Gasteiger partial charge in [0.1, 0.15) is 6.26 Å². The molecule has 19 heavy (non-hydrogen) atoms. The number of rotatable bonds is 4. The third-order valence-corrected chi connectivity index (χ3v) is 2.46. The first-order valence-corrected chi connectivity index (χ1v) is 5.65. The number of aromatic nitrogens is 1. The van der Waals surface area contributed by atoms with E-state index in [2.05, 4.69) is 10.3 Å². The van der Waals surface area contributed by atoms with Crippen molar-refractivity contribution in [1.29, 1.82) is 0 Å². The largest absolute Gasteiger partial charge is 0.449 e. The van der Waals surface area contributed by atoms with Crippen LogP contribution in [0.1, 0.15) is 21.9 Å². The third kappa shape index (κ3) is 3.41. The first kappa shape index (κ1) is 12.8. The van der Waals surface area contributed by atoms with E-state index in [-0.39, 0.29) is 12.3 Å². The summed E-state index contributed by atoms with van der Waals surface area (Å²) in [6.07, 6.45) is 1.58. The Labute approximate surface area is 109 Å². The van der Waals surface area contributed by atoms with Gasteiger partial charge in [-0.1, -0.05) is 0 Å². The van der Waals surface area contributed by atoms with Crippen molar-refractivity contribution in [3.05, 3.63) is 47.7 Å². The van der Waals surface area contributed by atoms with Gasteiger partial charge in [-0.2, -0.15) is 0 Å². The van der Waals surface area contributed by atoms with Crippen LogP contribution < -0.4 is 11.1 Å². The number of hydrogen-bond acceptors (Lipinski definition) is 4. The van der Waals surface area contributed by atoms with Crippen LogP contribution in [0.4, 0.5) is 5.69 Å². The van der Waals surface area contributed by atoms with Crippen LogP contribution in [0.3, 0.4) is 0 Å².